The number of carbonyl (C=O) groups is 1. The molecule has 0 aliphatic carbocycles. The number of amides is 2. The number of urea groups is 1. The van der Waals surface area contributed by atoms with Crippen molar-refractivity contribution in [3.8, 4) is 0 Å². The summed E-state index contributed by atoms with van der Waals surface area (Å²) in [7, 11) is 1.78. The van der Waals surface area contributed by atoms with Gasteiger partial charge >= 0.3 is 6.03 Å². The Labute approximate surface area is 120 Å². The summed E-state index contributed by atoms with van der Waals surface area (Å²) in [6.07, 6.45) is 3.92. The minimum absolute atomic E-state index is 0.0706. The lowest BCUT2D eigenvalue weighted by Gasteiger charge is -2.26. The summed E-state index contributed by atoms with van der Waals surface area (Å²) < 4.78 is 0. The molecule has 6 heteroatoms. The Morgan fingerprint density at radius 2 is 2.30 bits per heavy atom. The molecule has 0 spiro atoms. The molecule has 1 aliphatic heterocycles. The van der Waals surface area contributed by atoms with E-state index < -0.39 is 0 Å². The second-order valence-corrected chi connectivity index (χ2v) is 5.54. The first-order valence-corrected chi connectivity index (χ1v) is 7.04. The molecule has 1 aliphatic rings. The lowest BCUT2D eigenvalue weighted by molar-refractivity contribution is 0.218. The van der Waals surface area contributed by atoms with Crippen LogP contribution in [-0.4, -0.2) is 23.0 Å². The Bertz CT molecular complexity index is 692. The van der Waals surface area contributed by atoms with Crippen LogP contribution >= 0.6 is 11.3 Å². The zero-order valence-corrected chi connectivity index (χ0v) is 11.8. The van der Waals surface area contributed by atoms with Crippen molar-refractivity contribution in [1.29, 1.82) is 0 Å². The van der Waals surface area contributed by atoms with E-state index in [2.05, 4.69) is 16.4 Å². The summed E-state index contributed by atoms with van der Waals surface area (Å²) in [6, 6.07) is 5.89. The molecule has 0 fully saturated rings. The van der Waals surface area contributed by atoms with E-state index in [0.717, 1.165) is 22.5 Å². The van der Waals surface area contributed by atoms with E-state index in [1.807, 2.05) is 29.7 Å². The Morgan fingerprint density at radius 1 is 1.45 bits per heavy atom. The summed E-state index contributed by atoms with van der Waals surface area (Å²) in [4.78, 5) is 17.4. The number of nitrogen functional groups attached to an aromatic ring is 1. The van der Waals surface area contributed by atoms with E-state index in [-0.39, 0.29) is 6.03 Å². The first kappa shape index (κ1) is 12.7. The number of benzene rings is 1. The van der Waals surface area contributed by atoms with E-state index in [0.29, 0.717) is 11.7 Å². The number of thiazole rings is 1. The van der Waals surface area contributed by atoms with Crippen molar-refractivity contribution in [3.05, 3.63) is 40.4 Å². The Morgan fingerprint density at radius 3 is 3.05 bits per heavy atom. The van der Waals surface area contributed by atoms with Gasteiger partial charge in [0.15, 0.2) is 5.13 Å². The van der Waals surface area contributed by atoms with E-state index in [9.17, 15) is 4.79 Å². The highest BCUT2D eigenvalue weighted by Gasteiger charge is 2.18. The first-order valence-electron chi connectivity index (χ1n) is 6.16. The third-order valence-electron chi connectivity index (χ3n) is 3.11. The molecule has 2 aromatic rings. The maximum Gasteiger partial charge on any atom is 0.321 e. The van der Waals surface area contributed by atoms with Crippen molar-refractivity contribution in [2.75, 3.05) is 18.1 Å². The van der Waals surface area contributed by atoms with Crippen molar-refractivity contribution in [3.63, 3.8) is 0 Å². The third-order valence-corrected chi connectivity index (χ3v) is 3.80. The van der Waals surface area contributed by atoms with Gasteiger partial charge in [0.1, 0.15) is 0 Å². The third kappa shape index (κ3) is 2.50. The van der Waals surface area contributed by atoms with Crippen molar-refractivity contribution < 1.29 is 4.79 Å². The van der Waals surface area contributed by atoms with Crippen LogP contribution in [-0.2, 0) is 6.54 Å². The molecule has 0 unspecified atom stereocenters. The normalized spacial score (nSPS) is 14.4. The number of hydrogen-bond acceptors (Lipinski definition) is 4. The number of fused-ring (bicyclic) bond motifs is 1. The quantitative estimate of drug-likeness (QED) is 0.891. The molecular weight excluding hydrogens is 272 g/mol. The Balaban J connectivity index is 1.84. The van der Waals surface area contributed by atoms with Crippen molar-refractivity contribution in [2.24, 2.45) is 0 Å². The minimum Gasteiger partial charge on any atom is -0.375 e. The second-order valence-electron chi connectivity index (χ2n) is 4.65. The lowest BCUT2D eigenvalue weighted by atomic mass is 10.1. The molecule has 5 nitrogen and oxygen atoms in total. The van der Waals surface area contributed by atoms with Gasteiger partial charge in [0.25, 0.3) is 0 Å². The molecule has 1 aromatic carbocycles. The van der Waals surface area contributed by atoms with Gasteiger partial charge in [-0.25, -0.2) is 9.78 Å². The van der Waals surface area contributed by atoms with Crippen molar-refractivity contribution in [2.45, 2.75) is 6.54 Å². The average molecular weight is 286 g/mol. The fourth-order valence-electron chi connectivity index (χ4n) is 2.07. The molecule has 1 aromatic heterocycles. The van der Waals surface area contributed by atoms with E-state index in [1.54, 1.807) is 11.9 Å². The topological polar surface area (TPSA) is 71.2 Å². The molecule has 2 heterocycles. The smallest absolute Gasteiger partial charge is 0.321 e. The van der Waals surface area contributed by atoms with E-state index in [1.165, 1.54) is 11.3 Å². The van der Waals surface area contributed by atoms with Gasteiger partial charge in [-0.05, 0) is 29.3 Å². The van der Waals surface area contributed by atoms with Gasteiger partial charge in [-0.2, -0.15) is 0 Å². The van der Waals surface area contributed by atoms with Gasteiger partial charge in [-0.1, -0.05) is 12.1 Å². The zero-order chi connectivity index (χ0) is 14.1. The van der Waals surface area contributed by atoms with Crippen LogP contribution < -0.4 is 11.1 Å². The molecule has 0 bridgehead atoms. The Hall–Kier alpha value is -2.34. The SMILES string of the molecule is CN1Cc2cc(/C=C/c3csc(N)n3)ccc2NC1=O. The summed E-state index contributed by atoms with van der Waals surface area (Å²) in [5.74, 6) is 0. The summed E-state index contributed by atoms with van der Waals surface area (Å²) in [5.41, 5.74) is 9.50. The fourth-order valence-corrected chi connectivity index (χ4v) is 2.60. The number of rotatable bonds is 2. The van der Waals surface area contributed by atoms with Crippen molar-refractivity contribution in [1.82, 2.24) is 9.88 Å². The average Bonchev–Trinajstić information content (AvgIpc) is 2.84. The maximum atomic E-state index is 11.5. The predicted octanol–water partition coefficient (Wildman–Crippen LogP) is 2.87. The lowest BCUT2D eigenvalue weighted by Crippen LogP contribution is -2.35. The number of nitrogens with one attached hydrogen (secondary N) is 1. The van der Waals surface area contributed by atoms with Crippen LogP contribution in [0, 0.1) is 0 Å². The zero-order valence-electron chi connectivity index (χ0n) is 11.0. The van der Waals surface area contributed by atoms with E-state index in [4.69, 9.17) is 5.73 Å². The highest BCUT2D eigenvalue weighted by atomic mass is 32.1. The second kappa shape index (κ2) is 4.97. The summed E-state index contributed by atoms with van der Waals surface area (Å²) in [6.45, 7) is 0.618. The molecular formula is C14H14N4OS. The number of nitrogens with two attached hydrogens (primary N) is 1. The van der Waals surface area contributed by atoms with Gasteiger partial charge < -0.3 is 16.0 Å². The number of carbonyl (C=O) groups excluding carboxylic acids is 1. The summed E-state index contributed by atoms with van der Waals surface area (Å²) >= 11 is 1.42. The first-order chi connectivity index (χ1) is 9.61. The molecule has 0 atom stereocenters. The fraction of sp³-hybridized carbons (Fsp3) is 0.143. The van der Waals surface area contributed by atoms with Gasteiger partial charge in [0.05, 0.1) is 5.69 Å². The number of nitrogens with zero attached hydrogens (tertiary/aromatic N) is 2. The summed E-state index contributed by atoms with van der Waals surface area (Å²) in [5, 5.41) is 5.33. The van der Waals surface area contributed by atoms with Gasteiger partial charge in [-0.3, -0.25) is 0 Å². The molecule has 0 saturated heterocycles. The van der Waals surface area contributed by atoms with Crippen LogP contribution in [0.2, 0.25) is 0 Å². The van der Waals surface area contributed by atoms with Crippen molar-refractivity contribution >= 4 is 40.3 Å². The standard InChI is InChI=1S/C14H14N4OS/c1-18-7-10-6-9(3-5-12(10)17-14(18)19)2-4-11-8-20-13(15)16-11/h2-6,8H,7H2,1H3,(H2,15,16)(H,17,19)/b4-2+. The van der Waals surface area contributed by atoms with Gasteiger partial charge in [-0.15, -0.1) is 11.3 Å². The van der Waals surface area contributed by atoms with Crippen LogP contribution in [0.4, 0.5) is 15.6 Å². The molecule has 2 amide bonds. The molecule has 0 radical (unpaired) electrons. The van der Waals surface area contributed by atoms with Crippen LogP contribution in [0.25, 0.3) is 12.2 Å². The largest absolute Gasteiger partial charge is 0.375 e. The van der Waals surface area contributed by atoms with Crippen LogP contribution in [0.15, 0.2) is 23.6 Å². The molecule has 20 heavy (non-hydrogen) atoms. The van der Waals surface area contributed by atoms with Gasteiger partial charge in [0, 0.05) is 24.7 Å². The number of hydrogen-bond donors (Lipinski definition) is 2. The van der Waals surface area contributed by atoms with Crippen LogP contribution in [0.1, 0.15) is 16.8 Å². The monoisotopic (exact) mass is 286 g/mol. The minimum atomic E-state index is -0.0706. The van der Waals surface area contributed by atoms with Crippen LogP contribution in [0.3, 0.4) is 0 Å². The molecule has 102 valence electrons. The highest BCUT2D eigenvalue weighted by molar-refractivity contribution is 7.13. The predicted molar refractivity (Wildman–Crippen MR) is 82.4 cm³/mol. The van der Waals surface area contributed by atoms with Gasteiger partial charge in [0.2, 0.25) is 0 Å². The van der Waals surface area contributed by atoms with Crippen LogP contribution in [0.5, 0.6) is 0 Å². The number of anilines is 2. The molecule has 3 N–H and O–H groups in total. The van der Waals surface area contributed by atoms with E-state index >= 15 is 0 Å². The molecule has 3 rings (SSSR count). The highest BCUT2D eigenvalue weighted by Crippen LogP contribution is 2.24. The Kier molecular flexibility index (Phi) is 3.15. The molecule has 0 saturated carbocycles. The number of aromatic nitrogens is 1. The maximum absolute atomic E-state index is 11.5.